The highest BCUT2D eigenvalue weighted by molar-refractivity contribution is 7.98. The maximum atomic E-state index is 13.8. The maximum Gasteiger partial charge on any atom is 0.418 e. The van der Waals surface area contributed by atoms with Crippen molar-refractivity contribution in [2.75, 3.05) is 13.1 Å². The summed E-state index contributed by atoms with van der Waals surface area (Å²) in [6.07, 6.45) is -1.21. The molecule has 174 valence electrons. The smallest absolute Gasteiger partial charge is 0.366 e. The average Bonchev–Trinajstić information content (AvgIpc) is 3.20. The number of likely N-dealkylation sites (tertiary alicyclic amines) is 1. The first-order chi connectivity index (χ1) is 15.8. The second-order valence-electron chi connectivity index (χ2n) is 7.94. The molecule has 1 aliphatic heterocycles. The van der Waals surface area contributed by atoms with Crippen LogP contribution < -0.4 is 5.73 Å². The van der Waals surface area contributed by atoms with Crippen molar-refractivity contribution in [2.24, 2.45) is 5.73 Å². The van der Waals surface area contributed by atoms with E-state index in [1.807, 2.05) is 0 Å². The molecule has 0 radical (unpaired) electrons. The Hall–Kier alpha value is -2.85. The summed E-state index contributed by atoms with van der Waals surface area (Å²) < 4.78 is 42.9. The summed E-state index contributed by atoms with van der Waals surface area (Å²) in [7, 11) is 0. The number of benzene rings is 2. The average molecular weight is 476 g/mol. The third-order valence-electron chi connectivity index (χ3n) is 5.57. The van der Waals surface area contributed by atoms with E-state index < -0.39 is 17.6 Å². The van der Waals surface area contributed by atoms with Crippen LogP contribution in [0.4, 0.5) is 13.2 Å². The van der Waals surface area contributed by atoms with E-state index in [-0.39, 0.29) is 5.69 Å². The topological polar surface area (TPSA) is 77.0 Å². The van der Waals surface area contributed by atoms with Crippen molar-refractivity contribution in [3.8, 4) is 5.69 Å². The predicted octanol–water partition coefficient (Wildman–Crippen LogP) is 4.66. The first-order valence-electron chi connectivity index (χ1n) is 10.7. The third-order valence-corrected chi connectivity index (χ3v) is 6.57. The monoisotopic (exact) mass is 475 g/mol. The second-order valence-corrected chi connectivity index (χ2v) is 8.88. The summed E-state index contributed by atoms with van der Waals surface area (Å²) in [6.45, 7) is 2.22. The Bertz CT molecular complexity index is 1110. The number of nitrogens with zero attached hydrogens (tertiary/aromatic N) is 4. The van der Waals surface area contributed by atoms with E-state index in [1.54, 1.807) is 30.3 Å². The molecular weight excluding hydrogens is 451 g/mol. The molecule has 1 aliphatic rings. The number of hydrogen-bond acceptors (Lipinski definition) is 5. The summed E-state index contributed by atoms with van der Waals surface area (Å²) in [5.74, 6) is 0.426. The van der Waals surface area contributed by atoms with Crippen LogP contribution in [0.15, 0.2) is 53.7 Å². The molecule has 0 aliphatic carbocycles. The van der Waals surface area contributed by atoms with Gasteiger partial charge in [0.25, 0.3) is 0 Å². The van der Waals surface area contributed by atoms with E-state index in [0.717, 1.165) is 44.0 Å². The molecule has 0 atom stereocenters. The molecule has 0 spiro atoms. The van der Waals surface area contributed by atoms with Crippen LogP contribution in [-0.4, -0.2) is 38.7 Å². The minimum absolute atomic E-state index is 0.0218. The summed E-state index contributed by atoms with van der Waals surface area (Å²) >= 11 is 1.30. The van der Waals surface area contributed by atoms with Crippen LogP contribution in [0.1, 0.15) is 46.6 Å². The van der Waals surface area contributed by atoms with Gasteiger partial charge in [0.1, 0.15) is 0 Å². The first-order valence-corrected chi connectivity index (χ1v) is 11.7. The molecule has 0 unspecified atom stereocenters. The van der Waals surface area contributed by atoms with E-state index in [2.05, 4.69) is 15.1 Å². The Morgan fingerprint density at radius 2 is 1.70 bits per heavy atom. The molecular formula is C23H24F3N5OS. The van der Waals surface area contributed by atoms with Gasteiger partial charge in [-0.15, -0.1) is 10.2 Å². The van der Waals surface area contributed by atoms with Gasteiger partial charge in [-0.1, -0.05) is 42.4 Å². The number of nitrogens with two attached hydrogens (primary N) is 1. The van der Waals surface area contributed by atoms with Crippen molar-refractivity contribution in [3.63, 3.8) is 0 Å². The maximum absolute atomic E-state index is 13.8. The van der Waals surface area contributed by atoms with Crippen molar-refractivity contribution in [1.29, 1.82) is 0 Å². The predicted molar refractivity (Wildman–Crippen MR) is 120 cm³/mol. The number of halogens is 3. The molecule has 1 fully saturated rings. The molecule has 2 heterocycles. The zero-order chi connectivity index (χ0) is 23.4. The zero-order valence-corrected chi connectivity index (χ0v) is 18.7. The molecule has 2 aromatic carbocycles. The number of primary amides is 1. The normalized spacial score (nSPS) is 15.0. The summed E-state index contributed by atoms with van der Waals surface area (Å²) in [5, 5.41) is 8.92. The largest absolute Gasteiger partial charge is 0.418 e. The summed E-state index contributed by atoms with van der Waals surface area (Å²) in [6, 6.07) is 12.3. The molecule has 4 rings (SSSR count). The Kier molecular flexibility index (Phi) is 7.04. The van der Waals surface area contributed by atoms with Crippen molar-refractivity contribution in [2.45, 2.75) is 42.9 Å². The van der Waals surface area contributed by atoms with Gasteiger partial charge in [0.15, 0.2) is 11.0 Å². The Morgan fingerprint density at radius 3 is 2.36 bits per heavy atom. The van der Waals surface area contributed by atoms with E-state index in [9.17, 15) is 18.0 Å². The number of carbonyl (C=O) groups excluding carboxylic acids is 1. The van der Waals surface area contributed by atoms with Gasteiger partial charge in [-0.3, -0.25) is 14.3 Å². The van der Waals surface area contributed by atoms with Crippen molar-refractivity contribution < 1.29 is 18.0 Å². The number of thioether (sulfide) groups is 1. The molecule has 10 heteroatoms. The SMILES string of the molecule is NC(=O)c1ccc(CSc2nnc(CN3CCCCC3)n2-c2ccccc2C(F)(F)F)cc1. The number of hydrogen-bond donors (Lipinski definition) is 1. The van der Waals surface area contributed by atoms with Crippen LogP contribution in [0.2, 0.25) is 0 Å². The number of piperidine rings is 1. The second kappa shape index (κ2) is 9.96. The molecule has 2 N–H and O–H groups in total. The summed E-state index contributed by atoms with van der Waals surface area (Å²) in [4.78, 5) is 13.5. The Balaban J connectivity index is 1.66. The number of aromatic nitrogens is 3. The Labute approximate surface area is 194 Å². The fraction of sp³-hybridized carbons (Fsp3) is 0.348. The quantitative estimate of drug-likeness (QED) is 0.503. The lowest BCUT2D eigenvalue weighted by Crippen LogP contribution is -2.30. The van der Waals surface area contributed by atoms with Gasteiger partial charge >= 0.3 is 6.18 Å². The minimum Gasteiger partial charge on any atom is -0.366 e. The van der Waals surface area contributed by atoms with Crippen LogP contribution in [0.5, 0.6) is 0 Å². The zero-order valence-electron chi connectivity index (χ0n) is 17.9. The molecule has 3 aromatic rings. The van der Waals surface area contributed by atoms with Crippen LogP contribution in [-0.2, 0) is 18.5 Å². The first kappa shape index (κ1) is 23.3. The lowest BCUT2D eigenvalue weighted by molar-refractivity contribution is -0.137. The molecule has 6 nitrogen and oxygen atoms in total. The number of rotatable bonds is 7. The minimum atomic E-state index is -4.50. The number of amides is 1. The molecule has 0 saturated carbocycles. The van der Waals surface area contributed by atoms with Crippen molar-refractivity contribution in [3.05, 3.63) is 71.0 Å². The van der Waals surface area contributed by atoms with Crippen molar-refractivity contribution >= 4 is 17.7 Å². The van der Waals surface area contributed by atoms with Gasteiger partial charge in [0.2, 0.25) is 5.91 Å². The summed E-state index contributed by atoms with van der Waals surface area (Å²) in [5.41, 5.74) is 5.87. The van der Waals surface area contributed by atoms with Gasteiger partial charge in [0, 0.05) is 11.3 Å². The van der Waals surface area contributed by atoms with Crippen LogP contribution in [0.3, 0.4) is 0 Å². The highest BCUT2D eigenvalue weighted by atomic mass is 32.2. The standard InChI is InChI=1S/C23H24F3N5OS/c24-23(25,26)18-6-2-3-7-19(18)31-20(14-30-12-4-1-5-13-30)28-29-22(31)33-15-16-8-10-17(11-9-16)21(27)32/h2-3,6-11H,1,4-5,12-15H2,(H2,27,32). The molecule has 0 bridgehead atoms. The van der Waals surface area contributed by atoms with E-state index in [0.29, 0.717) is 28.8 Å². The van der Waals surface area contributed by atoms with Crippen LogP contribution in [0, 0.1) is 0 Å². The molecule has 1 amide bonds. The number of carbonyl (C=O) groups is 1. The fourth-order valence-electron chi connectivity index (χ4n) is 3.88. The van der Waals surface area contributed by atoms with Crippen LogP contribution >= 0.6 is 11.8 Å². The van der Waals surface area contributed by atoms with Gasteiger partial charge < -0.3 is 5.73 Å². The van der Waals surface area contributed by atoms with Gasteiger partial charge in [-0.2, -0.15) is 13.2 Å². The van der Waals surface area contributed by atoms with Gasteiger partial charge in [0.05, 0.1) is 17.8 Å². The molecule has 1 aromatic heterocycles. The lowest BCUT2D eigenvalue weighted by atomic mass is 10.1. The molecule has 1 saturated heterocycles. The van der Waals surface area contributed by atoms with E-state index in [1.165, 1.54) is 28.5 Å². The van der Waals surface area contributed by atoms with E-state index >= 15 is 0 Å². The van der Waals surface area contributed by atoms with Crippen LogP contribution in [0.25, 0.3) is 5.69 Å². The van der Waals surface area contributed by atoms with Crippen molar-refractivity contribution in [1.82, 2.24) is 19.7 Å². The lowest BCUT2D eigenvalue weighted by Gasteiger charge is -2.26. The van der Waals surface area contributed by atoms with Gasteiger partial charge in [-0.25, -0.2) is 0 Å². The number of para-hydroxylation sites is 1. The fourth-order valence-corrected chi connectivity index (χ4v) is 4.80. The highest BCUT2D eigenvalue weighted by Gasteiger charge is 2.35. The van der Waals surface area contributed by atoms with E-state index in [4.69, 9.17) is 5.73 Å². The molecule has 33 heavy (non-hydrogen) atoms. The Morgan fingerprint density at radius 1 is 1.00 bits per heavy atom. The highest BCUT2D eigenvalue weighted by Crippen LogP contribution is 2.36. The third kappa shape index (κ3) is 5.56. The van der Waals surface area contributed by atoms with Gasteiger partial charge in [-0.05, 0) is 55.8 Å². The number of alkyl halides is 3.